The molecule has 8 heteroatoms. The van der Waals surface area contributed by atoms with Gasteiger partial charge >= 0.3 is 0 Å². The fourth-order valence-corrected chi connectivity index (χ4v) is 10.1. The predicted octanol–water partition coefficient (Wildman–Crippen LogP) is 5.56. The SMILES string of the molecule is CC#CCSC(=O)[C@@]12ON(Cc3ccc(Cl)cc3)C[C@@H]1CC1C3C[C@H](F)C4=CC(=O)C=CC4(C)C3C(O)CC12C. The number of halogens is 2. The van der Waals surface area contributed by atoms with Gasteiger partial charge in [0, 0.05) is 40.8 Å². The van der Waals surface area contributed by atoms with Crippen LogP contribution in [0.1, 0.15) is 45.6 Å². The third-order valence-corrected chi connectivity index (χ3v) is 11.7. The van der Waals surface area contributed by atoms with Gasteiger partial charge < -0.3 is 5.11 Å². The minimum Gasteiger partial charge on any atom is -0.393 e. The highest BCUT2D eigenvalue weighted by atomic mass is 35.5. The lowest BCUT2D eigenvalue weighted by molar-refractivity contribution is -0.250. The first-order chi connectivity index (χ1) is 19.0. The van der Waals surface area contributed by atoms with Crippen molar-refractivity contribution in [2.24, 2.45) is 34.5 Å². The zero-order chi connectivity index (χ0) is 28.4. The number of hydrogen-bond donors (Lipinski definition) is 1. The van der Waals surface area contributed by atoms with Gasteiger partial charge in [-0.2, -0.15) is 5.06 Å². The Morgan fingerprint density at radius 3 is 2.75 bits per heavy atom. The summed E-state index contributed by atoms with van der Waals surface area (Å²) in [5.74, 6) is 5.54. The van der Waals surface area contributed by atoms with Crippen LogP contribution in [0.3, 0.4) is 0 Å². The number of fused-ring (bicyclic) bond motifs is 7. The van der Waals surface area contributed by atoms with Crippen molar-refractivity contribution in [3.63, 3.8) is 0 Å². The van der Waals surface area contributed by atoms with Crippen LogP contribution in [0.25, 0.3) is 0 Å². The fraction of sp³-hybridized carbons (Fsp3) is 0.562. The summed E-state index contributed by atoms with van der Waals surface area (Å²) in [6.45, 7) is 6.87. The van der Waals surface area contributed by atoms with Gasteiger partial charge in [-0.3, -0.25) is 14.4 Å². The number of nitrogens with zero attached hydrogens (tertiary/aromatic N) is 1. The summed E-state index contributed by atoms with van der Waals surface area (Å²) in [6, 6.07) is 7.60. The van der Waals surface area contributed by atoms with Gasteiger partial charge in [0.15, 0.2) is 11.4 Å². The molecule has 1 aliphatic heterocycles. The molecule has 9 atom stereocenters. The molecule has 4 aliphatic carbocycles. The smallest absolute Gasteiger partial charge is 0.224 e. The molecule has 6 unspecified atom stereocenters. The van der Waals surface area contributed by atoms with Gasteiger partial charge in [0.1, 0.15) is 6.17 Å². The molecule has 5 aliphatic rings. The molecule has 0 spiro atoms. The number of thioether (sulfide) groups is 1. The molecule has 40 heavy (non-hydrogen) atoms. The molecule has 6 rings (SSSR count). The molecule has 4 fully saturated rings. The number of allylic oxidation sites excluding steroid dienone is 4. The van der Waals surface area contributed by atoms with E-state index in [2.05, 4.69) is 18.8 Å². The summed E-state index contributed by atoms with van der Waals surface area (Å²) in [6.07, 6.45) is 4.04. The van der Waals surface area contributed by atoms with Crippen LogP contribution in [0.4, 0.5) is 4.39 Å². The Bertz CT molecular complexity index is 1350. The Morgan fingerprint density at radius 2 is 2.02 bits per heavy atom. The molecular weight excluding hydrogens is 549 g/mol. The van der Waals surface area contributed by atoms with Crippen molar-refractivity contribution in [3.8, 4) is 11.8 Å². The zero-order valence-electron chi connectivity index (χ0n) is 23.0. The van der Waals surface area contributed by atoms with Crippen LogP contribution in [0.5, 0.6) is 0 Å². The molecule has 1 aromatic carbocycles. The minimum atomic E-state index is -1.27. The van der Waals surface area contributed by atoms with Gasteiger partial charge in [0.05, 0.1) is 11.9 Å². The number of aliphatic hydroxyl groups excluding tert-OH is 1. The van der Waals surface area contributed by atoms with E-state index in [0.717, 1.165) is 12.0 Å². The number of hydroxylamine groups is 2. The molecule has 0 amide bonds. The van der Waals surface area contributed by atoms with Crippen molar-refractivity contribution in [1.29, 1.82) is 0 Å². The monoisotopic (exact) mass is 583 g/mol. The summed E-state index contributed by atoms with van der Waals surface area (Å²) in [5.41, 5.74) is -1.06. The molecular formula is C32H35ClFNO4S. The number of benzene rings is 1. The largest absolute Gasteiger partial charge is 0.393 e. The first kappa shape index (κ1) is 28.2. The minimum absolute atomic E-state index is 0.00644. The van der Waals surface area contributed by atoms with Gasteiger partial charge in [-0.05, 0) is 73.4 Å². The second kappa shape index (κ2) is 10.1. The van der Waals surface area contributed by atoms with Crippen LogP contribution in [-0.2, 0) is 21.0 Å². The van der Waals surface area contributed by atoms with Crippen LogP contribution in [0.2, 0.25) is 5.02 Å². The summed E-state index contributed by atoms with van der Waals surface area (Å²) < 4.78 is 15.8. The van der Waals surface area contributed by atoms with Crippen LogP contribution in [0, 0.1) is 46.3 Å². The second-order valence-electron chi connectivity index (χ2n) is 12.5. The van der Waals surface area contributed by atoms with Gasteiger partial charge in [-0.1, -0.05) is 61.3 Å². The lowest BCUT2D eigenvalue weighted by Gasteiger charge is -2.60. The molecule has 1 heterocycles. The van der Waals surface area contributed by atoms with E-state index >= 15 is 4.39 Å². The van der Waals surface area contributed by atoms with Gasteiger partial charge in [0.2, 0.25) is 5.12 Å². The maximum atomic E-state index is 15.8. The van der Waals surface area contributed by atoms with Crippen LogP contribution >= 0.6 is 23.4 Å². The molecule has 3 saturated carbocycles. The van der Waals surface area contributed by atoms with E-state index in [1.54, 1.807) is 13.0 Å². The molecule has 1 N–H and O–H groups in total. The molecule has 5 nitrogen and oxygen atoms in total. The number of aliphatic hydroxyl groups is 1. The Hall–Kier alpha value is -1.95. The van der Waals surface area contributed by atoms with E-state index < -0.39 is 28.7 Å². The third-order valence-electron chi connectivity index (χ3n) is 10.6. The number of carbonyl (C=O) groups excluding carboxylic acids is 2. The topological polar surface area (TPSA) is 66.8 Å². The van der Waals surface area contributed by atoms with Crippen LogP contribution in [-0.4, -0.2) is 51.2 Å². The predicted molar refractivity (Wildman–Crippen MR) is 154 cm³/mol. The first-order valence-corrected chi connectivity index (χ1v) is 15.4. The number of carbonyl (C=O) groups is 2. The number of ketones is 1. The Balaban J connectivity index is 1.37. The van der Waals surface area contributed by atoms with Crippen molar-refractivity contribution in [3.05, 3.63) is 58.7 Å². The van der Waals surface area contributed by atoms with Crippen LogP contribution < -0.4 is 0 Å². The molecule has 212 valence electrons. The van der Waals surface area contributed by atoms with Crippen molar-refractivity contribution in [1.82, 2.24) is 5.06 Å². The molecule has 0 radical (unpaired) electrons. The molecule has 0 bridgehead atoms. The Kier molecular flexibility index (Phi) is 7.12. The average Bonchev–Trinajstić information content (AvgIpc) is 3.38. The molecule has 1 aromatic rings. The fourth-order valence-electron chi connectivity index (χ4n) is 8.96. The average molecular weight is 584 g/mol. The molecule has 0 aromatic heterocycles. The van der Waals surface area contributed by atoms with E-state index in [9.17, 15) is 14.7 Å². The lowest BCUT2D eigenvalue weighted by Crippen LogP contribution is -2.63. The van der Waals surface area contributed by atoms with Gasteiger partial charge in [0.25, 0.3) is 0 Å². The third kappa shape index (κ3) is 4.09. The van der Waals surface area contributed by atoms with Gasteiger partial charge in [-0.15, -0.1) is 5.92 Å². The Morgan fingerprint density at radius 1 is 1.27 bits per heavy atom. The van der Waals surface area contributed by atoms with Crippen molar-refractivity contribution < 1.29 is 23.9 Å². The molecule has 1 saturated heterocycles. The summed E-state index contributed by atoms with van der Waals surface area (Å²) in [7, 11) is 0. The highest BCUT2D eigenvalue weighted by Crippen LogP contribution is 2.71. The van der Waals surface area contributed by atoms with E-state index in [1.165, 1.54) is 23.9 Å². The number of rotatable bonds is 4. The summed E-state index contributed by atoms with van der Waals surface area (Å²) in [4.78, 5) is 33.1. The number of alkyl halides is 1. The van der Waals surface area contributed by atoms with Gasteiger partial charge in [-0.25, -0.2) is 4.39 Å². The quantitative estimate of drug-likeness (QED) is 0.468. The van der Waals surface area contributed by atoms with E-state index in [0.29, 0.717) is 35.9 Å². The highest BCUT2D eigenvalue weighted by molar-refractivity contribution is 8.14. The zero-order valence-corrected chi connectivity index (χ0v) is 24.6. The van der Waals surface area contributed by atoms with E-state index in [4.69, 9.17) is 16.4 Å². The highest BCUT2D eigenvalue weighted by Gasteiger charge is 2.75. The van der Waals surface area contributed by atoms with Crippen molar-refractivity contribution in [2.75, 3.05) is 12.3 Å². The summed E-state index contributed by atoms with van der Waals surface area (Å²) in [5, 5.41) is 14.3. The first-order valence-electron chi connectivity index (χ1n) is 14.1. The lowest BCUT2D eigenvalue weighted by atomic mass is 9.46. The Labute approximate surface area is 244 Å². The van der Waals surface area contributed by atoms with Crippen molar-refractivity contribution >= 4 is 34.3 Å². The maximum absolute atomic E-state index is 15.8. The van der Waals surface area contributed by atoms with E-state index in [1.807, 2.05) is 36.3 Å². The standard InChI is InChI=1S/C32H35ClFNO4S/c1-4-5-12-40-29(38)32-20(18-35(39-32)17-19-6-8-21(33)9-7-19)13-24-23-15-26(34)25-14-22(36)10-11-30(25,2)28(23)27(37)16-31(24,32)3/h6-11,14,20,23-24,26-28,37H,12-13,15-18H2,1-3H3/t20-,23?,24?,26-,27?,28?,30?,31?,32-/m0/s1. The second-order valence-corrected chi connectivity index (χ2v) is 13.9. The summed E-state index contributed by atoms with van der Waals surface area (Å²) >= 11 is 7.27. The van der Waals surface area contributed by atoms with E-state index in [-0.39, 0.29) is 41.0 Å². The maximum Gasteiger partial charge on any atom is 0.224 e. The van der Waals surface area contributed by atoms with Crippen LogP contribution in [0.15, 0.2) is 48.1 Å². The normalized spacial score (nSPS) is 41.8. The van der Waals surface area contributed by atoms with Crippen molar-refractivity contribution in [2.45, 2.75) is 64.5 Å². The number of hydrogen-bond acceptors (Lipinski definition) is 6.